The molecule has 1 unspecified atom stereocenters. The van der Waals surface area contributed by atoms with Crippen molar-refractivity contribution in [2.24, 2.45) is 0 Å². The van der Waals surface area contributed by atoms with E-state index in [4.69, 9.17) is 13.9 Å². The molecule has 1 aromatic heterocycles. The smallest absolute Gasteiger partial charge is 0.343 e. The standard InChI is InChI=1S/C26H30O5/c1-4-15-26(2,28)24-23(19-11-7-8-12-20(19)25(27)31-24)17-13-14-21(29-3)22(16-17)30-18-9-5-6-10-18/h7-8,11-14,16,18,28H,4-6,9-10,15H2,1-3H3. The molecule has 1 aliphatic rings. The number of ether oxygens (including phenoxy) is 2. The van der Waals surface area contributed by atoms with Gasteiger partial charge in [-0.2, -0.15) is 0 Å². The summed E-state index contributed by atoms with van der Waals surface area (Å²) in [6.45, 7) is 3.70. The molecule has 4 rings (SSSR count). The van der Waals surface area contributed by atoms with Gasteiger partial charge in [0.25, 0.3) is 0 Å². The summed E-state index contributed by atoms with van der Waals surface area (Å²) >= 11 is 0. The van der Waals surface area contributed by atoms with Crippen LogP contribution in [0.25, 0.3) is 21.9 Å². The maximum absolute atomic E-state index is 12.7. The van der Waals surface area contributed by atoms with Gasteiger partial charge >= 0.3 is 5.63 Å². The summed E-state index contributed by atoms with van der Waals surface area (Å²) in [6, 6.07) is 13.1. The molecule has 3 aromatic rings. The lowest BCUT2D eigenvalue weighted by Gasteiger charge is -2.25. The second-order valence-electron chi connectivity index (χ2n) is 8.55. The average molecular weight is 423 g/mol. The van der Waals surface area contributed by atoms with Crippen LogP contribution in [0.2, 0.25) is 0 Å². The molecule has 164 valence electrons. The zero-order valence-electron chi connectivity index (χ0n) is 18.4. The summed E-state index contributed by atoms with van der Waals surface area (Å²) in [5, 5.41) is 12.5. The molecule has 31 heavy (non-hydrogen) atoms. The zero-order chi connectivity index (χ0) is 22.0. The van der Waals surface area contributed by atoms with Crippen molar-refractivity contribution in [1.29, 1.82) is 0 Å². The number of benzene rings is 2. The van der Waals surface area contributed by atoms with E-state index in [-0.39, 0.29) is 11.9 Å². The van der Waals surface area contributed by atoms with E-state index in [0.717, 1.165) is 30.2 Å². The Bertz CT molecular complexity index is 1120. The third-order valence-electron chi connectivity index (χ3n) is 6.11. The van der Waals surface area contributed by atoms with Gasteiger partial charge in [0, 0.05) is 10.9 Å². The molecule has 0 amide bonds. The minimum absolute atomic E-state index is 0.178. The average Bonchev–Trinajstić information content (AvgIpc) is 3.27. The van der Waals surface area contributed by atoms with Crippen molar-refractivity contribution in [3.63, 3.8) is 0 Å². The molecule has 1 fully saturated rings. The molecule has 2 aromatic carbocycles. The van der Waals surface area contributed by atoms with Gasteiger partial charge in [0.05, 0.1) is 18.6 Å². The molecular weight excluding hydrogens is 392 g/mol. The first-order chi connectivity index (χ1) is 14.9. The molecular formula is C26H30O5. The van der Waals surface area contributed by atoms with Gasteiger partial charge in [-0.15, -0.1) is 0 Å². The van der Waals surface area contributed by atoms with Crippen LogP contribution in [0.15, 0.2) is 51.7 Å². The van der Waals surface area contributed by atoms with E-state index in [2.05, 4.69) is 0 Å². The molecule has 1 saturated carbocycles. The number of aliphatic hydroxyl groups is 1. The van der Waals surface area contributed by atoms with E-state index >= 15 is 0 Å². The van der Waals surface area contributed by atoms with Crippen LogP contribution >= 0.6 is 0 Å². The second-order valence-corrected chi connectivity index (χ2v) is 8.55. The van der Waals surface area contributed by atoms with Crippen molar-refractivity contribution in [3.05, 3.63) is 58.6 Å². The van der Waals surface area contributed by atoms with Gasteiger partial charge in [0.15, 0.2) is 11.5 Å². The van der Waals surface area contributed by atoms with Gasteiger partial charge in [-0.3, -0.25) is 0 Å². The summed E-state index contributed by atoms with van der Waals surface area (Å²) < 4.78 is 17.6. The van der Waals surface area contributed by atoms with E-state index in [1.807, 2.05) is 43.3 Å². The third-order valence-corrected chi connectivity index (χ3v) is 6.11. The van der Waals surface area contributed by atoms with Gasteiger partial charge < -0.3 is 19.0 Å². The van der Waals surface area contributed by atoms with E-state index < -0.39 is 11.2 Å². The fraction of sp³-hybridized carbons (Fsp3) is 0.423. The van der Waals surface area contributed by atoms with Crippen molar-refractivity contribution in [1.82, 2.24) is 0 Å². The lowest BCUT2D eigenvalue weighted by atomic mass is 9.88. The summed E-state index contributed by atoms with van der Waals surface area (Å²) in [5.41, 5.74) is -0.186. The normalized spacial score (nSPS) is 16.4. The minimum Gasteiger partial charge on any atom is -0.493 e. The Labute approximate surface area is 182 Å². The van der Waals surface area contributed by atoms with Gasteiger partial charge in [0.1, 0.15) is 11.4 Å². The van der Waals surface area contributed by atoms with Crippen LogP contribution in [-0.4, -0.2) is 18.3 Å². The molecule has 0 saturated heterocycles. The van der Waals surface area contributed by atoms with E-state index in [9.17, 15) is 9.90 Å². The van der Waals surface area contributed by atoms with Crippen molar-refractivity contribution < 1.29 is 19.0 Å². The Hall–Kier alpha value is -2.79. The fourth-order valence-corrected chi connectivity index (χ4v) is 4.58. The predicted molar refractivity (Wildman–Crippen MR) is 122 cm³/mol. The van der Waals surface area contributed by atoms with Gasteiger partial charge in [-0.1, -0.05) is 37.6 Å². The highest BCUT2D eigenvalue weighted by atomic mass is 16.5. The Balaban J connectivity index is 1.94. The molecule has 0 radical (unpaired) electrons. The molecule has 1 aliphatic carbocycles. The van der Waals surface area contributed by atoms with Crippen LogP contribution in [0.3, 0.4) is 0 Å². The van der Waals surface area contributed by atoms with Crippen LogP contribution in [0.5, 0.6) is 11.5 Å². The molecule has 5 nitrogen and oxygen atoms in total. The fourth-order valence-electron chi connectivity index (χ4n) is 4.58. The van der Waals surface area contributed by atoms with Crippen LogP contribution in [0.1, 0.15) is 58.1 Å². The van der Waals surface area contributed by atoms with Crippen molar-refractivity contribution in [2.45, 2.75) is 64.1 Å². The number of methoxy groups -OCH3 is 1. The Morgan fingerprint density at radius 3 is 2.48 bits per heavy atom. The largest absolute Gasteiger partial charge is 0.493 e. The Morgan fingerprint density at radius 2 is 1.81 bits per heavy atom. The van der Waals surface area contributed by atoms with Gasteiger partial charge in [0.2, 0.25) is 0 Å². The first-order valence-corrected chi connectivity index (χ1v) is 11.1. The molecule has 1 heterocycles. The molecule has 0 bridgehead atoms. The molecule has 0 aliphatic heterocycles. The third kappa shape index (κ3) is 4.19. The second kappa shape index (κ2) is 8.75. The monoisotopic (exact) mass is 422 g/mol. The lowest BCUT2D eigenvalue weighted by Crippen LogP contribution is -2.24. The Morgan fingerprint density at radius 1 is 1.10 bits per heavy atom. The van der Waals surface area contributed by atoms with E-state index in [1.54, 1.807) is 20.1 Å². The first kappa shape index (κ1) is 21.4. The molecule has 1 N–H and O–H groups in total. The summed E-state index contributed by atoms with van der Waals surface area (Å²) in [7, 11) is 1.63. The molecule has 5 heteroatoms. The van der Waals surface area contributed by atoms with Gasteiger partial charge in [-0.25, -0.2) is 4.79 Å². The van der Waals surface area contributed by atoms with Crippen LogP contribution in [-0.2, 0) is 5.60 Å². The highest BCUT2D eigenvalue weighted by molar-refractivity contribution is 5.97. The highest BCUT2D eigenvalue weighted by Crippen LogP contribution is 2.42. The van der Waals surface area contributed by atoms with E-state index in [1.165, 1.54) is 12.8 Å². The summed E-state index contributed by atoms with van der Waals surface area (Å²) in [6.07, 6.45) is 5.82. The Kier molecular flexibility index (Phi) is 6.05. The van der Waals surface area contributed by atoms with Gasteiger partial charge in [-0.05, 0) is 62.8 Å². The van der Waals surface area contributed by atoms with Crippen LogP contribution in [0.4, 0.5) is 0 Å². The maximum Gasteiger partial charge on any atom is 0.343 e. The first-order valence-electron chi connectivity index (χ1n) is 11.1. The van der Waals surface area contributed by atoms with Crippen molar-refractivity contribution in [2.75, 3.05) is 7.11 Å². The SMILES string of the molecule is CCCC(C)(O)c1oc(=O)c2ccccc2c1-c1ccc(OC)c(OC2CCCC2)c1. The summed E-state index contributed by atoms with van der Waals surface area (Å²) in [4.78, 5) is 12.7. The molecule has 1 atom stereocenters. The zero-order valence-corrected chi connectivity index (χ0v) is 18.4. The molecule has 0 spiro atoms. The van der Waals surface area contributed by atoms with Crippen molar-refractivity contribution in [3.8, 4) is 22.6 Å². The number of hydrogen-bond donors (Lipinski definition) is 1. The predicted octanol–water partition coefficient (Wildman–Crippen LogP) is 5.80. The minimum atomic E-state index is -1.28. The number of rotatable bonds is 7. The lowest BCUT2D eigenvalue weighted by molar-refractivity contribution is 0.0228. The van der Waals surface area contributed by atoms with E-state index in [0.29, 0.717) is 28.9 Å². The van der Waals surface area contributed by atoms with Crippen molar-refractivity contribution >= 4 is 10.8 Å². The highest BCUT2D eigenvalue weighted by Gasteiger charge is 2.31. The van der Waals surface area contributed by atoms with Crippen LogP contribution < -0.4 is 15.1 Å². The quantitative estimate of drug-likeness (QED) is 0.521. The maximum atomic E-state index is 12.7. The van der Waals surface area contributed by atoms with Crippen LogP contribution in [0, 0.1) is 0 Å². The topological polar surface area (TPSA) is 68.9 Å². The number of fused-ring (bicyclic) bond motifs is 1. The summed E-state index contributed by atoms with van der Waals surface area (Å²) in [5.74, 6) is 1.62. The number of hydrogen-bond acceptors (Lipinski definition) is 5.